The van der Waals surface area contributed by atoms with E-state index in [-0.39, 0.29) is 12.5 Å². The lowest BCUT2D eigenvalue weighted by Gasteiger charge is -2.19. The number of hydrogen-bond donors (Lipinski definition) is 2. The van der Waals surface area contributed by atoms with Crippen LogP contribution in [-0.2, 0) is 17.9 Å². The van der Waals surface area contributed by atoms with Crippen molar-refractivity contribution in [1.29, 1.82) is 0 Å². The number of para-hydroxylation sites is 2. The maximum absolute atomic E-state index is 13.5. The van der Waals surface area contributed by atoms with Crippen molar-refractivity contribution in [2.24, 2.45) is 5.73 Å². The molecule has 190 valence electrons. The third kappa shape index (κ3) is 5.40. The number of nitrogens with two attached hydrogens (primary N) is 1. The van der Waals surface area contributed by atoms with Gasteiger partial charge in [0.2, 0.25) is 0 Å². The third-order valence-electron chi connectivity index (χ3n) is 5.37. The zero-order chi connectivity index (χ0) is 26.8. The average molecular weight is 542 g/mol. The molecule has 0 bridgehead atoms. The van der Waals surface area contributed by atoms with Gasteiger partial charge in [0.1, 0.15) is 5.75 Å². The molecular formula is C24H20Cl2F3N3O4. The lowest BCUT2D eigenvalue weighted by molar-refractivity contribution is -0.192. The van der Waals surface area contributed by atoms with Crippen LogP contribution in [0.4, 0.5) is 18.9 Å². The SMILES string of the molecule is COc1ccccc1N1Cc2nc(C)c(CN)c(-c3ccc(Cl)cc3Cl)c2C1=O.O=C(O)C(F)(F)F. The number of anilines is 1. The molecule has 0 radical (unpaired) electrons. The van der Waals surface area contributed by atoms with Crippen LogP contribution in [0.1, 0.15) is 27.3 Å². The fraction of sp³-hybridized carbons (Fsp3) is 0.208. The third-order valence-corrected chi connectivity index (χ3v) is 5.92. The van der Waals surface area contributed by atoms with Gasteiger partial charge in [-0.15, -0.1) is 0 Å². The van der Waals surface area contributed by atoms with Gasteiger partial charge in [0.05, 0.1) is 30.6 Å². The monoisotopic (exact) mass is 541 g/mol. The largest absolute Gasteiger partial charge is 0.495 e. The predicted molar refractivity (Wildman–Crippen MR) is 130 cm³/mol. The van der Waals surface area contributed by atoms with E-state index in [1.54, 1.807) is 24.1 Å². The number of methoxy groups -OCH3 is 1. The fourth-order valence-corrected chi connectivity index (χ4v) is 4.29. The summed E-state index contributed by atoms with van der Waals surface area (Å²) in [6, 6.07) is 12.7. The van der Waals surface area contributed by atoms with Gasteiger partial charge in [-0.2, -0.15) is 13.2 Å². The molecule has 4 rings (SSSR count). The van der Waals surface area contributed by atoms with Crippen LogP contribution in [0.3, 0.4) is 0 Å². The van der Waals surface area contributed by atoms with Gasteiger partial charge in [-0.3, -0.25) is 14.7 Å². The summed E-state index contributed by atoms with van der Waals surface area (Å²) in [5.74, 6) is -2.30. The van der Waals surface area contributed by atoms with Crippen molar-refractivity contribution in [3.63, 3.8) is 0 Å². The molecule has 7 nitrogen and oxygen atoms in total. The van der Waals surface area contributed by atoms with E-state index in [0.29, 0.717) is 44.8 Å². The highest BCUT2D eigenvalue weighted by atomic mass is 35.5. The molecule has 0 spiro atoms. The number of carbonyl (C=O) groups is 2. The number of hydrogen-bond acceptors (Lipinski definition) is 5. The number of carbonyl (C=O) groups excluding carboxylic acids is 1. The summed E-state index contributed by atoms with van der Waals surface area (Å²) in [5, 5.41) is 8.11. The number of ether oxygens (including phenoxy) is 1. The van der Waals surface area contributed by atoms with Crippen LogP contribution in [0.15, 0.2) is 42.5 Å². The van der Waals surface area contributed by atoms with Crippen molar-refractivity contribution in [1.82, 2.24) is 4.98 Å². The Morgan fingerprint density at radius 2 is 1.83 bits per heavy atom. The molecule has 0 unspecified atom stereocenters. The molecule has 0 saturated heterocycles. The highest BCUT2D eigenvalue weighted by Gasteiger charge is 2.38. The number of carboxylic acids is 1. The number of carboxylic acid groups (broad SMARTS) is 1. The molecule has 3 N–H and O–H groups in total. The van der Waals surface area contributed by atoms with Gasteiger partial charge in [0.25, 0.3) is 5.91 Å². The van der Waals surface area contributed by atoms with Gasteiger partial charge in [-0.25, -0.2) is 4.79 Å². The topological polar surface area (TPSA) is 106 Å². The Bertz CT molecular complexity index is 1330. The summed E-state index contributed by atoms with van der Waals surface area (Å²) in [5.41, 5.74) is 11.0. The van der Waals surface area contributed by atoms with Crippen molar-refractivity contribution in [3.05, 3.63) is 75.0 Å². The van der Waals surface area contributed by atoms with Crippen LogP contribution in [0, 0.1) is 6.92 Å². The summed E-state index contributed by atoms with van der Waals surface area (Å²) in [6.07, 6.45) is -5.08. The second kappa shape index (κ2) is 10.7. The van der Waals surface area contributed by atoms with Gasteiger partial charge >= 0.3 is 12.1 Å². The number of amides is 1. The highest BCUT2D eigenvalue weighted by Crippen LogP contribution is 2.42. The molecule has 12 heteroatoms. The Morgan fingerprint density at radius 1 is 1.19 bits per heavy atom. The zero-order valence-electron chi connectivity index (χ0n) is 19.0. The maximum atomic E-state index is 13.5. The van der Waals surface area contributed by atoms with E-state index < -0.39 is 12.1 Å². The van der Waals surface area contributed by atoms with Crippen LogP contribution in [0.5, 0.6) is 5.75 Å². The van der Waals surface area contributed by atoms with Crippen LogP contribution in [-0.4, -0.2) is 35.3 Å². The molecule has 3 aromatic rings. The summed E-state index contributed by atoms with van der Waals surface area (Å²) in [4.78, 5) is 28.8. The smallest absolute Gasteiger partial charge is 0.490 e. The molecule has 0 aliphatic carbocycles. The first-order chi connectivity index (χ1) is 16.9. The summed E-state index contributed by atoms with van der Waals surface area (Å²) >= 11 is 12.6. The molecule has 2 aromatic carbocycles. The van der Waals surface area contributed by atoms with Crippen LogP contribution >= 0.6 is 23.2 Å². The van der Waals surface area contributed by atoms with Gasteiger partial charge in [-0.05, 0) is 36.8 Å². The van der Waals surface area contributed by atoms with Crippen molar-refractivity contribution < 1.29 is 32.6 Å². The second-order valence-electron chi connectivity index (χ2n) is 7.57. The van der Waals surface area contributed by atoms with E-state index in [2.05, 4.69) is 4.98 Å². The Labute approximate surface area is 214 Å². The van der Waals surface area contributed by atoms with Crippen LogP contribution in [0.25, 0.3) is 11.1 Å². The van der Waals surface area contributed by atoms with Gasteiger partial charge in [-0.1, -0.05) is 41.4 Å². The van der Waals surface area contributed by atoms with E-state index in [0.717, 1.165) is 16.8 Å². The molecule has 1 amide bonds. The summed E-state index contributed by atoms with van der Waals surface area (Å²) in [6.45, 7) is 2.48. The predicted octanol–water partition coefficient (Wildman–Crippen LogP) is 5.62. The number of alkyl halides is 3. The first-order valence-electron chi connectivity index (χ1n) is 10.3. The minimum atomic E-state index is -5.08. The maximum Gasteiger partial charge on any atom is 0.490 e. The number of rotatable bonds is 4. The molecule has 0 atom stereocenters. The van der Waals surface area contributed by atoms with Gasteiger partial charge < -0.3 is 15.6 Å². The molecule has 1 aromatic heterocycles. The van der Waals surface area contributed by atoms with E-state index in [1.165, 1.54) is 0 Å². The summed E-state index contributed by atoms with van der Waals surface area (Å²) < 4.78 is 37.2. The minimum Gasteiger partial charge on any atom is -0.495 e. The molecule has 2 heterocycles. The number of nitrogens with zero attached hydrogens (tertiary/aromatic N) is 2. The van der Waals surface area contributed by atoms with Crippen molar-refractivity contribution in [2.45, 2.75) is 26.2 Å². The Balaban J connectivity index is 0.000000454. The normalized spacial score (nSPS) is 12.7. The second-order valence-corrected chi connectivity index (χ2v) is 8.41. The molecule has 1 aliphatic heterocycles. The Hall–Kier alpha value is -3.34. The first-order valence-corrected chi connectivity index (χ1v) is 11.1. The van der Waals surface area contributed by atoms with Crippen molar-refractivity contribution in [3.8, 4) is 16.9 Å². The van der Waals surface area contributed by atoms with Gasteiger partial charge in [0.15, 0.2) is 0 Å². The van der Waals surface area contributed by atoms with Crippen molar-refractivity contribution in [2.75, 3.05) is 12.0 Å². The first kappa shape index (κ1) is 27.3. The lowest BCUT2D eigenvalue weighted by atomic mass is 9.93. The average Bonchev–Trinajstić information content (AvgIpc) is 3.13. The van der Waals surface area contributed by atoms with E-state index >= 15 is 0 Å². The van der Waals surface area contributed by atoms with Gasteiger partial charge in [0, 0.05) is 33.4 Å². The lowest BCUT2D eigenvalue weighted by Crippen LogP contribution is -2.24. The Morgan fingerprint density at radius 3 is 2.39 bits per heavy atom. The number of benzene rings is 2. The molecular weight excluding hydrogens is 522 g/mol. The number of aliphatic carboxylic acids is 1. The molecule has 0 fully saturated rings. The zero-order valence-corrected chi connectivity index (χ0v) is 20.5. The molecule has 1 aliphatic rings. The fourth-order valence-electron chi connectivity index (χ4n) is 3.79. The van der Waals surface area contributed by atoms with E-state index in [4.69, 9.17) is 43.6 Å². The van der Waals surface area contributed by atoms with Crippen LogP contribution in [0.2, 0.25) is 10.0 Å². The Kier molecular flexibility index (Phi) is 8.12. The minimum absolute atomic E-state index is 0.160. The van der Waals surface area contributed by atoms with E-state index in [9.17, 15) is 18.0 Å². The number of aryl methyl sites for hydroxylation is 1. The standard InChI is InChI=1S/C22H19Cl2N3O2.C2HF3O2/c1-12-15(10-25)20(14-8-7-13(23)9-16(14)24)21-17(26-12)11-27(22(21)28)18-5-3-4-6-19(18)29-2;3-2(4,5)1(6)7/h3-9H,10-11,25H2,1-2H3;(H,6,7). The number of fused-ring (bicyclic) bond motifs is 1. The molecule has 0 saturated carbocycles. The quantitative estimate of drug-likeness (QED) is 0.443. The number of halogens is 5. The summed E-state index contributed by atoms with van der Waals surface area (Å²) in [7, 11) is 1.58. The van der Waals surface area contributed by atoms with E-state index in [1.807, 2.05) is 37.3 Å². The molecule has 36 heavy (non-hydrogen) atoms. The van der Waals surface area contributed by atoms with Crippen molar-refractivity contribution >= 4 is 40.8 Å². The number of aromatic nitrogens is 1. The highest BCUT2D eigenvalue weighted by molar-refractivity contribution is 6.36. The van der Waals surface area contributed by atoms with Crippen LogP contribution < -0.4 is 15.4 Å². The number of pyridine rings is 1.